The second kappa shape index (κ2) is 9.13. The van der Waals surface area contributed by atoms with Crippen LogP contribution in [0, 0.1) is 6.92 Å². The maximum absolute atomic E-state index is 11.4. The van der Waals surface area contributed by atoms with E-state index >= 15 is 0 Å². The first-order valence-corrected chi connectivity index (χ1v) is 5.43. The largest absolute Gasteiger partial charge is 1.00 e. The van der Waals surface area contributed by atoms with E-state index in [1.165, 1.54) is 5.56 Å². The van der Waals surface area contributed by atoms with Crippen molar-refractivity contribution < 1.29 is 31.1 Å². The standard InChI is InChI=1S/C12H18N2O2.BrH/c1-11-3-7-14(8-4-11)9-5-12(15)13-6-10-16-2;/h3-4,7-8H,5-6,9-10H2,1-2H3;1H. The van der Waals surface area contributed by atoms with Gasteiger partial charge in [0.25, 0.3) is 0 Å². The fourth-order valence-electron chi connectivity index (χ4n) is 1.29. The van der Waals surface area contributed by atoms with Crippen LogP contribution in [0.1, 0.15) is 12.0 Å². The quantitative estimate of drug-likeness (QED) is 0.464. The van der Waals surface area contributed by atoms with E-state index in [0.717, 1.165) is 0 Å². The number of ether oxygens (including phenoxy) is 1. The van der Waals surface area contributed by atoms with Gasteiger partial charge in [0, 0.05) is 25.8 Å². The number of carbonyl (C=O) groups is 1. The summed E-state index contributed by atoms with van der Waals surface area (Å²) in [6.45, 7) is 3.89. The third-order valence-electron chi connectivity index (χ3n) is 2.28. The Kier molecular flexibility index (Phi) is 8.62. The topological polar surface area (TPSA) is 42.2 Å². The maximum atomic E-state index is 11.4. The van der Waals surface area contributed by atoms with Crippen molar-refractivity contribution in [1.29, 1.82) is 0 Å². The first kappa shape index (κ1) is 16.1. The van der Waals surface area contributed by atoms with Crippen molar-refractivity contribution in [2.75, 3.05) is 20.3 Å². The Bertz CT molecular complexity index is 328. The number of nitrogens with one attached hydrogen (secondary N) is 1. The van der Waals surface area contributed by atoms with E-state index in [9.17, 15) is 4.79 Å². The molecule has 1 amide bonds. The van der Waals surface area contributed by atoms with Gasteiger partial charge in [0.1, 0.15) is 0 Å². The van der Waals surface area contributed by atoms with Crippen LogP contribution in [-0.2, 0) is 16.1 Å². The Hall–Kier alpha value is -0.940. The zero-order chi connectivity index (χ0) is 11.8. The van der Waals surface area contributed by atoms with Gasteiger partial charge in [0.15, 0.2) is 18.9 Å². The lowest BCUT2D eigenvalue weighted by Gasteiger charge is -2.02. The third kappa shape index (κ3) is 7.07. The van der Waals surface area contributed by atoms with Crippen molar-refractivity contribution in [2.24, 2.45) is 0 Å². The molecule has 96 valence electrons. The highest BCUT2D eigenvalue weighted by atomic mass is 79.9. The third-order valence-corrected chi connectivity index (χ3v) is 2.28. The van der Waals surface area contributed by atoms with Crippen LogP contribution in [0.2, 0.25) is 0 Å². The molecule has 4 nitrogen and oxygen atoms in total. The van der Waals surface area contributed by atoms with E-state index in [4.69, 9.17) is 4.74 Å². The molecule has 1 N–H and O–H groups in total. The number of amides is 1. The van der Waals surface area contributed by atoms with Gasteiger partial charge < -0.3 is 27.0 Å². The smallest absolute Gasteiger partial charge is 0.226 e. The molecule has 0 bridgehead atoms. The minimum Gasteiger partial charge on any atom is -1.00 e. The van der Waals surface area contributed by atoms with Crippen LogP contribution in [0.15, 0.2) is 24.5 Å². The average molecular weight is 303 g/mol. The highest BCUT2D eigenvalue weighted by Crippen LogP contribution is 1.90. The van der Waals surface area contributed by atoms with Crippen LogP contribution in [0.25, 0.3) is 0 Å². The van der Waals surface area contributed by atoms with Crippen molar-refractivity contribution in [3.63, 3.8) is 0 Å². The molecular formula is C12H19BrN2O2. The summed E-state index contributed by atoms with van der Waals surface area (Å²) in [7, 11) is 1.62. The van der Waals surface area contributed by atoms with E-state index in [2.05, 4.69) is 5.32 Å². The number of carbonyl (C=O) groups excluding carboxylic acids is 1. The number of nitrogens with zero attached hydrogens (tertiary/aromatic N) is 1. The van der Waals surface area contributed by atoms with Crippen molar-refractivity contribution in [3.8, 4) is 0 Å². The van der Waals surface area contributed by atoms with Crippen LogP contribution in [0.3, 0.4) is 0 Å². The van der Waals surface area contributed by atoms with Crippen LogP contribution >= 0.6 is 0 Å². The molecule has 0 aromatic carbocycles. The minimum absolute atomic E-state index is 0. The van der Waals surface area contributed by atoms with Crippen molar-refractivity contribution >= 4 is 5.91 Å². The summed E-state index contributed by atoms with van der Waals surface area (Å²) >= 11 is 0. The number of aromatic nitrogens is 1. The van der Waals surface area contributed by atoms with E-state index in [-0.39, 0.29) is 22.9 Å². The normalized spacial score (nSPS) is 9.53. The number of halogens is 1. The van der Waals surface area contributed by atoms with Crippen LogP contribution in [-0.4, -0.2) is 26.2 Å². The predicted octanol–water partition coefficient (Wildman–Crippen LogP) is -2.56. The molecule has 1 aromatic heterocycles. The zero-order valence-electron chi connectivity index (χ0n) is 10.3. The molecule has 1 heterocycles. The molecule has 0 atom stereocenters. The Labute approximate surface area is 113 Å². The van der Waals surface area contributed by atoms with Crippen molar-refractivity contribution in [2.45, 2.75) is 19.9 Å². The number of rotatable bonds is 6. The Balaban J connectivity index is 0.00000256. The highest BCUT2D eigenvalue weighted by Gasteiger charge is 2.05. The number of pyridine rings is 1. The molecule has 0 aliphatic carbocycles. The first-order chi connectivity index (χ1) is 7.72. The monoisotopic (exact) mass is 302 g/mol. The van der Waals surface area contributed by atoms with Gasteiger partial charge >= 0.3 is 0 Å². The van der Waals surface area contributed by atoms with Gasteiger partial charge in [-0.25, -0.2) is 4.57 Å². The van der Waals surface area contributed by atoms with E-state index in [1.54, 1.807) is 7.11 Å². The first-order valence-electron chi connectivity index (χ1n) is 5.43. The van der Waals surface area contributed by atoms with Crippen molar-refractivity contribution in [3.05, 3.63) is 30.1 Å². The van der Waals surface area contributed by atoms with Crippen LogP contribution in [0.4, 0.5) is 0 Å². The number of aryl methyl sites for hydroxylation is 2. The molecule has 0 fully saturated rings. The van der Waals surface area contributed by atoms with Gasteiger partial charge in [-0.1, -0.05) is 0 Å². The van der Waals surface area contributed by atoms with Gasteiger partial charge in [0.2, 0.25) is 5.91 Å². The molecule has 0 saturated carbocycles. The summed E-state index contributed by atoms with van der Waals surface area (Å²) < 4.78 is 6.85. The molecule has 0 unspecified atom stereocenters. The minimum atomic E-state index is 0. The second-order valence-corrected chi connectivity index (χ2v) is 3.71. The molecule has 0 saturated heterocycles. The number of hydrogen-bond donors (Lipinski definition) is 1. The van der Waals surface area contributed by atoms with E-state index in [0.29, 0.717) is 26.1 Å². The Morgan fingerprint density at radius 3 is 2.65 bits per heavy atom. The summed E-state index contributed by atoms with van der Waals surface area (Å²) in [6, 6.07) is 4.06. The SMILES string of the molecule is COCCNC(=O)CC[n+]1ccc(C)cc1.[Br-]. The van der Waals surface area contributed by atoms with E-state index < -0.39 is 0 Å². The molecule has 1 aromatic rings. The molecule has 1 rings (SSSR count). The molecular weight excluding hydrogens is 284 g/mol. The lowest BCUT2D eigenvalue weighted by atomic mass is 10.3. The molecule has 0 aliphatic rings. The average Bonchev–Trinajstić information content (AvgIpc) is 2.29. The van der Waals surface area contributed by atoms with Gasteiger partial charge in [-0.3, -0.25) is 4.79 Å². The van der Waals surface area contributed by atoms with E-state index in [1.807, 2.05) is 36.0 Å². The van der Waals surface area contributed by atoms with Crippen LogP contribution < -0.4 is 26.9 Å². The molecule has 17 heavy (non-hydrogen) atoms. The zero-order valence-corrected chi connectivity index (χ0v) is 11.9. The number of hydrogen-bond acceptors (Lipinski definition) is 2. The molecule has 0 radical (unpaired) electrons. The van der Waals surface area contributed by atoms with Gasteiger partial charge in [-0.15, -0.1) is 0 Å². The summed E-state index contributed by atoms with van der Waals surface area (Å²) in [4.78, 5) is 11.4. The van der Waals surface area contributed by atoms with Crippen molar-refractivity contribution in [1.82, 2.24) is 5.32 Å². The maximum Gasteiger partial charge on any atom is 0.226 e. The summed E-state index contributed by atoms with van der Waals surface area (Å²) in [5.41, 5.74) is 1.22. The fraction of sp³-hybridized carbons (Fsp3) is 0.500. The lowest BCUT2D eigenvalue weighted by Crippen LogP contribution is -3.00. The molecule has 0 aliphatic heterocycles. The highest BCUT2D eigenvalue weighted by molar-refractivity contribution is 5.75. The summed E-state index contributed by atoms with van der Waals surface area (Å²) in [6.07, 6.45) is 4.47. The van der Waals surface area contributed by atoms with Gasteiger partial charge in [0.05, 0.1) is 13.0 Å². The molecule has 0 spiro atoms. The lowest BCUT2D eigenvalue weighted by molar-refractivity contribution is -0.695. The van der Waals surface area contributed by atoms with Gasteiger partial charge in [-0.2, -0.15) is 0 Å². The predicted molar refractivity (Wildman–Crippen MR) is 60.9 cm³/mol. The second-order valence-electron chi connectivity index (χ2n) is 3.71. The Morgan fingerprint density at radius 1 is 1.41 bits per heavy atom. The summed E-state index contributed by atoms with van der Waals surface area (Å²) in [5, 5.41) is 2.79. The Morgan fingerprint density at radius 2 is 2.06 bits per heavy atom. The van der Waals surface area contributed by atoms with Crippen LogP contribution in [0.5, 0.6) is 0 Å². The fourth-order valence-corrected chi connectivity index (χ4v) is 1.29. The van der Waals surface area contributed by atoms with Gasteiger partial charge in [-0.05, 0) is 12.5 Å². The summed E-state index contributed by atoms with van der Waals surface area (Å²) in [5.74, 6) is 0.0603. The number of methoxy groups -OCH3 is 1. The molecule has 5 heteroatoms.